The van der Waals surface area contributed by atoms with Gasteiger partial charge in [-0.15, -0.1) is 5.10 Å². The minimum atomic E-state index is -0.727. The van der Waals surface area contributed by atoms with E-state index in [9.17, 15) is 24.8 Å². The maximum atomic E-state index is 11.6. The quantitative estimate of drug-likeness (QED) is 0.270. The van der Waals surface area contributed by atoms with Crippen molar-refractivity contribution in [3.8, 4) is 5.75 Å². The molecule has 2 N–H and O–H groups in total. The predicted octanol–water partition coefficient (Wildman–Crippen LogP) is 0.910. The molecule has 1 amide bonds. The highest BCUT2D eigenvalue weighted by Gasteiger charge is 2.25. The third-order valence-electron chi connectivity index (χ3n) is 2.69. The van der Waals surface area contributed by atoms with E-state index in [4.69, 9.17) is 0 Å². The van der Waals surface area contributed by atoms with E-state index in [-0.39, 0.29) is 15.6 Å². The summed E-state index contributed by atoms with van der Waals surface area (Å²) in [6.45, 7) is 0. The number of hydrogen-bond donors (Lipinski definition) is 2. The van der Waals surface area contributed by atoms with Gasteiger partial charge in [-0.3, -0.25) is 20.2 Å². The molecule has 1 aliphatic heterocycles. The van der Waals surface area contributed by atoms with E-state index in [1.165, 1.54) is 19.2 Å². The smallest absolute Gasteiger partial charge is 0.331 e. The summed E-state index contributed by atoms with van der Waals surface area (Å²) in [6, 6.07) is 3.94. The number of hydrogen-bond acceptors (Lipinski definition) is 9. The first-order chi connectivity index (χ1) is 11.4. The van der Waals surface area contributed by atoms with Gasteiger partial charge in [-0.25, -0.2) is 4.79 Å². The van der Waals surface area contributed by atoms with Crippen molar-refractivity contribution in [1.29, 1.82) is 0 Å². The van der Waals surface area contributed by atoms with Crippen LogP contribution in [0.5, 0.6) is 5.75 Å². The van der Waals surface area contributed by atoms with Crippen LogP contribution in [0, 0.1) is 10.1 Å². The number of nitro groups is 1. The SMILES string of the molecule is COC(=O)/C=C1/S/C(=N\N=Cc2cccc([N+](=O)[O-])c2O)NC1=O. The lowest BCUT2D eigenvalue weighted by Crippen LogP contribution is -2.19. The summed E-state index contributed by atoms with van der Waals surface area (Å²) in [5.74, 6) is -1.75. The number of thioether (sulfide) groups is 1. The molecule has 24 heavy (non-hydrogen) atoms. The van der Waals surface area contributed by atoms with Crippen LogP contribution < -0.4 is 5.32 Å². The van der Waals surface area contributed by atoms with Crippen LogP contribution in [0.1, 0.15) is 5.56 Å². The lowest BCUT2D eigenvalue weighted by Gasteiger charge is -1.98. The fourth-order valence-corrected chi connectivity index (χ4v) is 2.32. The summed E-state index contributed by atoms with van der Waals surface area (Å²) < 4.78 is 4.42. The maximum absolute atomic E-state index is 11.6. The Hall–Kier alpha value is -3.21. The van der Waals surface area contributed by atoms with Crippen LogP contribution in [0.3, 0.4) is 0 Å². The van der Waals surface area contributed by atoms with Crippen molar-refractivity contribution in [2.24, 2.45) is 10.2 Å². The zero-order valence-corrected chi connectivity index (χ0v) is 12.9. The monoisotopic (exact) mass is 350 g/mol. The molecule has 11 heteroatoms. The molecule has 1 saturated heterocycles. The van der Waals surface area contributed by atoms with Crippen LogP contribution in [-0.2, 0) is 14.3 Å². The molecule has 1 aliphatic rings. The molecule has 10 nitrogen and oxygen atoms in total. The first-order valence-corrected chi connectivity index (χ1v) is 7.10. The Balaban J connectivity index is 2.15. The highest BCUT2D eigenvalue weighted by molar-refractivity contribution is 8.18. The standard InChI is InChI=1S/C13H10N4O6S/c1-23-10(18)5-9-12(20)15-13(24-9)16-14-6-7-3-2-4-8(11(7)19)17(21)22/h2-6,19H,1H3,(H,15,16,20)/b9-5+,14-6?. The highest BCUT2D eigenvalue weighted by Crippen LogP contribution is 2.28. The molecule has 1 heterocycles. The number of nitrogens with one attached hydrogen (secondary N) is 1. The van der Waals surface area contributed by atoms with E-state index in [1.54, 1.807) is 0 Å². The number of aromatic hydroxyl groups is 1. The summed E-state index contributed by atoms with van der Waals surface area (Å²) in [7, 11) is 1.18. The third kappa shape index (κ3) is 3.95. The molecule has 0 atom stereocenters. The fourth-order valence-electron chi connectivity index (χ4n) is 1.58. The molecule has 0 radical (unpaired) electrons. The number of amides is 1. The van der Waals surface area contributed by atoms with Crippen molar-refractivity contribution in [2.75, 3.05) is 7.11 Å². The molecule has 0 aromatic heterocycles. The van der Waals surface area contributed by atoms with Gasteiger partial charge in [0.15, 0.2) is 5.17 Å². The molecule has 0 unspecified atom stereocenters. The first-order valence-electron chi connectivity index (χ1n) is 6.28. The first kappa shape index (κ1) is 17.1. The average Bonchev–Trinajstić information content (AvgIpc) is 2.88. The van der Waals surface area contributed by atoms with Gasteiger partial charge in [0.1, 0.15) is 0 Å². The van der Waals surface area contributed by atoms with Gasteiger partial charge in [0.05, 0.1) is 23.2 Å². The van der Waals surface area contributed by atoms with Crippen molar-refractivity contribution < 1.29 is 24.4 Å². The number of nitrogens with zero attached hydrogens (tertiary/aromatic N) is 3. The largest absolute Gasteiger partial charge is 0.502 e. The number of amidine groups is 1. The second-order valence-electron chi connectivity index (χ2n) is 4.21. The van der Waals surface area contributed by atoms with Crippen LogP contribution >= 0.6 is 11.8 Å². The summed E-state index contributed by atoms with van der Waals surface area (Å²) in [6.07, 6.45) is 2.11. The van der Waals surface area contributed by atoms with Gasteiger partial charge in [0, 0.05) is 17.7 Å². The van der Waals surface area contributed by atoms with Gasteiger partial charge in [-0.2, -0.15) is 5.10 Å². The average molecular weight is 350 g/mol. The number of phenols is 1. The normalized spacial score (nSPS) is 17.5. The Morgan fingerprint density at radius 2 is 2.25 bits per heavy atom. The van der Waals surface area contributed by atoms with Crippen LogP contribution in [-0.4, -0.2) is 40.4 Å². The number of esters is 1. The Bertz CT molecular complexity index is 802. The second kappa shape index (κ2) is 7.37. The molecule has 2 rings (SSSR count). The van der Waals surface area contributed by atoms with Gasteiger partial charge in [-0.1, -0.05) is 6.07 Å². The summed E-state index contributed by atoms with van der Waals surface area (Å²) in [4.78, 5) is 32.8. The number of benzene rings is 1. The van der Waals surface area contributed by atoms with E-state index in [1.807, 2.05) is 0 Å². The van der Waals surface area contributed by atoms with Gasteiger partial charge >= 0.3 is 11.7 Å². The number of methoxy groups -OCH3 is 1. The third-order valence-corrected chi connectivity index (χ3v) is 3.59. The Labute approximate surface area is 139 Å². The molecular formula is C13H10N4O6S. The summed E-state index contributed by atoms with van der Waals surface area (Å²) >= 11 is 0.875. The van der Waals surface area contributed by atoms with E-state index in [2.05, 4.69) is 20.3 Å². The van der Waals surface area contributed by atoms with E-state index in [0.29, 0.717) is 0 Å². The number of nitro benzene ring substituents is 1. The molecule has 0 bridgehead atoms. The lowest BCUT2D eigenvalue weighted by atomic mass is 10.2. The Morgan fingerprint density at radius 3 is 2.92 bits per heavy atom. The van der Waals surface area contributed by atoms with Gasteiger partial charge in [0.25, 0.3) is 5.91 Å². The van der Waals surface area contributed by atoms with Crippen LogP contribution in [0.2, 0.25) is 0 Å². The van der Waals surface area contributed by atoms with Gasteiger partial charge < -0.3 is 9.84 Å². The van der Waals surface area contributed by atoms with Crippen LogP contribution in [0.15, 0.2) is 39.4 Å². The number of rotatable bonds is 4. The van der Waals surface area contributed by atoms with E-state index < -0.39 is 28.2 Å². The fraction of sp³-hybridized carbons (Fsp3) is 0.0769. The van der Waals surface area contributed by atoms with E-state index in [0.717, 1.165) is 30.1 Å². The maximum Gasteiger partial charge on any atom is 0.331 e. The number of phenolic OH excluding ortho intramolecular Hbond substituents is 1. The van der Waals surface area contributed by atoms with E-state index >= 15 is 0 Å². The molecule has 124 valence electrons. The van der Waals surface area contributed by atoms with Crippen LogP contribution in [0.25, 0.3) is 0 Å². The van der Waals surface area contributed by atoms with Crippen molar-refractivity contribution in [3.63, 3.8) is 0 Å². The predicted molar refractivity (Wildman–Crippen MR) is 85.6 cm³/mol. The summed E-state index contributed by atoms with van der Waals surface area (Å²) in [5, 5.41) is 30.3. The van der Waals surface area contributed by atoms with Crippen molar-refractivity contribution in [2.45, 2.75) is 0 Å². The highest BCUT2D eigenvalue weighted by atomic mass is 32.2. The van der Waals surface area contributed by atoms with Crippen molar-refractivity contribution in [3.05, 3.63) is 44.9 Å². The molecule has 1 aromatic rings. The second-order valence-corrected chi connectivity index (χ2v) is 5.24. The van der Waals surface area contributed by atoms with Gasteiger partial charge in [0.2, 0.25) is 5.75 Å². The topological polar surface area (TPSA) is 143 Å². The van der Waals surface area contributed by atoms with Crippen molar-refractivity contribution in [1.82, 2.24) is 5.32 Å². The Kier molecular flexibility index (Phi) is 5.27. The number of ether oxygens (including phenoxy) is 1. The number of carbonyl (C=O) groups excluding carboxylic acids is 2. The molecule has 0 spiro atoms. The van der Waals surface area contributed by atoms with Crippen molar-refractivity contribution >= 4 is 40.7 Å². The molecule has 1 aromatic carbocycles. The zero-order chi connectivity index (χ0) is 17.7. The number of carbonyl (C=O) groups is 2. The van der Waals surface area contributed by atoms with Crippen LogP contribution in [0.4, 0.5) is 5.69 Å². The minimum absolute atomic E-state index is 0.0909. The molecular weight excluding hydrogens is 340 g/mol. The van der Waals surface area contributed by atoms with Gasteiger partial charge in [-0.05, 0) is 17.8 Å². The summed E-state index contributed by atoms with van der Waals surface area (Å²) in [5.41, 5.74) is -0.369. The molecule has 0 aliphatic carbocycles. The molecule has 0 saturated carbocycles. The minimum Gasteiger partial charge on any atom is -0.502 e. The zero-order valence-electron chi connectivity index (χ0n) is 12.1. The molecule has 1 fully saturated rings. The number of para-hydroxylation sites is 1. The lowest BCUT2D eigenvalue weighted by molar-refractivity contribution is -0.385. The Morgan fingerprint density at radius 1 is 1.50 bits per heavy atom.